The Kier molecular flexibility index (Phi) is 3.09. The molecule has 0 N–H and O–H groups in total. The maximum absolute atomic E-state index is 5.34. The van der Waals surface area contributed by atoms with Gasteiger partial charge in [0.15, 0.2) is 0 Å². The summed E-state index contributed by atoms with van der Waals surface area (Å²) in [5.41, 5.74) is 1.14. The van der Waals surface area contributed by atoms with Crippen molar-refractivity contribution in [2.24, 2.45) is 0 Å². The van der Waals surface area contributed by atoms with Gasteiger partial charge < -0.3 is 4.74 Å². The molecule has 1 fully saturated rings. The zero-order chi connectivity index (χ0) is 9.80. The summed E-state index contributed by atoms with van der Waals surface area (Å²) in [6.45, 7) is 0. The lowest BCUT2D eigenvalue weighted by atomic mass is 9.85. The van der Waals surface area contributed by atoms with Crippen LogP contribution in [0.4, 0.5) is 0 Å². The van der Waals surface area contributed by atoms with Crippen molar-refractivity contribution in [1.82, 2.24) is 9.97 Å². The lowest BCUT2D eigenvalue weighted by molar-refractivity contribution is 0.0655. The fourth-order valence-electron chi connectivity index (χ4n) is 2.12. The first kappa shape index (κ1) is 9.59. The average molecular weight is 192 g/mol. The first-order valence-electron chi connectivity index (χ1n) is 5.19. The molecule has 76 valence electrons. The van der Waals surface area contributed by atoms with Gasteiger partial charge in [0, 0.05) is 31.6 Å². The number of aromatic nitrogens is 2. The highest BCUT2D eigenvalue weighted by Crippen LogP contribution is 2.32. The molecule has 14 heavy (non-hydrogen) atoms. The summed E-state index contributed by atoms with van der Waals surface area (Å²) in [4.78, 5) is 8.46. The van der Waals surface area contributed by atoms with Crippen LogP contribution >= 0.6 is 0 Å². The van der Waals surface area contributed by atoms with Gasteiger partial charge in [0.05, 0.1) is 11.8 Å². The molecule has 3 nitrogen and oxygen atoms in total. The summed E-state index contributed by atoms with van der Waals surface area (Å²) < 4.78 is 5.34. The number of nitrogens with zero attached hydrogens (tertiary/aromatic N) is 2. The molecule has 0 bridgehead atoms. The second-order valence-electron chi connectivity index (χ2n) is 3.84. The Morgan fingerprint density at radius 3 is 2.57 bits per heavy atom. The third-order valence-corrected chi connectivity index (χ3v) is 3.01. The standard InChI is InChI=1S/C11H16N2O/c1-14-10-4-2-9(3-5-10)11-8-12-6-7-13-11/h6-10H,2-5H2,1H3. The van der Waals surface area contributed by atoms with Crippen LogP contribution in [0.3, 0.4) is 0 Å². The molecule has 0 aliphatic heterocycles. The number of methoxy groups -OCH3 is 1. The number of hydrogen-bond donors (Lipinski definition) is 0. The molecule has 1 saturated carbocycles. The van der Waals surface area contributed by atoms with Crippen molar-refractivity contribution in [3.05, 3.63) is 24.3 Å². The van der Waals surface area contributed by atoms with Crippen LogP contribution in [0.5, 0.6) is 0 Å². The van der Waals surface area contributed by atoms with Gasteiger partial charge in [-0.05, 0) is 25.7 Å². The highest BCUT2D eigenvalue weighted by atomic mass is 16.5. The molecule has 1 aromatic heterocycles. The van der Waals surface area contributed by atoms with Crippen LogP contribution in [-0.4, -0.2) is 23.2 Å². The van der Waals surface area contributed by atoms with E-state index in [1.165, 1.54) is 12.8 Å². The maximum atomic E-state index is 5.34. The first-order valence-corrected chi connectivity index (χ1v) is 5.19. The zero-order valence-corrected chi connectivity index (χ0v) is 8.52. The topological polar surface area (TPSA) is 35.0 Å². The fourth-order valence-corrected chi connectivity index (χ4v) is 2.12. The minimum atomic E-state index is 0.461. The van der Waals surface area contributed by atoms with Crippen LogP contribution in [0.15, 0.2) is 18.6 Å². The van der Waals surface area contributed by atoms with Gasteiger partial charge in [-0.3, -0.25) is 9.97 Å². The highest BCUT2D eigenvalue weighted by Gasteiger charge is 2.22. The van der Waals surface area contributed by atoms with Crippen LogP contribution in [0.25, 0.3) is 0 Å². The van der Waals surface area contributed by atoms with Gasteiger partial charge in [0.1, 0.15) is 0 Å². The molecular weight excluding hydrogens is 176 g/mol. The predicted molar refractivity (Wildman–Crippen MR) is 54.0 cm³/mol. The summed E-state index contributed by atoms with van der Waals surface area (Å²) in [6.07, 6.45) is 10.5. The summed E-state index contributed by atoms with van der Waals surface area (Å²) in [6, 6.07) is 0. The highest BCUT2D eigenvalue weighted by molar-refractivity contribution is 5.04. The van der Waals surface area contributed by atoms with E-state index in [0.29, 0.717) is 12.0 Å². The summed E-state index contributed by atoms with van der Waals surface area (Å²) in [5, 5.41) is 0. The van der Waals surface area contributed by atoms with Crippen LogP contribution in [0.1, 0.15) is 37.3 Å². The van der Waals surface area contributed by atoms with Crippen LogP contribution in [0, 0.1) is 0 Å². The quantitative estimate of drug-likeness (QED) is 0.720. The predicted octanol–water partition coefficient (Wildman–Crippen LogP) is 2.15. The Hall–Kier alpha value is -0.960. The van der Waals surface area contributed by atoms with Gasteiger partial charge in [-0.15, -0.1) is 0 Å². The second-order valence-corrected chi connectivity index (χ2v) is 3.84. The van der Waals surface area contributed by atoms with Crippen molar-refractivity contribution in [2.75, 3.05) is 7.11 Å². The van der Waals surface area contributed by atoms with Crippen molar-refractivity contribution < 1.29 is 4.74 Å². The number of ether oxygens (including phenoxy) is 1. The lowest BCUT2D eigenvalue weighted by Crippen LogP contribution is -2.19. The largest absolute Gasteiger partial charge is 0.381 e. The summed E-state index contributed by atoms with van der Waals surface area (Å²) in [7, 11) is 1.80. The second kappa shape index (κ2) is 4.51. The number of rotatable bonds is 2. The molecule has 0 aromatic carbocycles. The molecule has 1 aliphatic rings. The van der Waals surface area contributed by atoms with Crippen LogP contribution < -0.4 is 0 Å². The molecule has 0 saturated heterocycles. The summed E-state index contributed by atoms with van der Waals surface area (Å²) in [5.74, 6) is 0.593. The number of hydrogen-bond acceptors (Lipinski definition) is 3. The van der Waals surface area contributed by atoms with Gasteiger partial charge >= 0.3 is 0 Å². The molecular formula is C11H16N2O. The van der Waals surface area contributed by atoms with E-state index in [1.54, 1.807) is 19.5 Å². The summed E-state index contributed by atoms with van der Waals surface area (Å²) >= 11 is 0. The average Bonchev–Trinajstić information content (AvgIpc) is 2.30. The van der Waals surface area contributed by atoms with Crippen molar-refractivity contribution in [3.8, 4) is 0 Å². The van der Waals surface area contributed by atoms with E-state index in [2.05, 4.69) is 9.97 Å². The Morgan fingerprint density at radius 1 is 1.21 bits per heavy atom. The van der Waals surface area contributed by atoms with Gasteiger partial charge in [-0.25, -0.2) is 0 Å². The third kappa shape index (κ3) is 2.10. The van der Waals surface area contributed by atoms with E-state index in [4.69, 9.17) is 4.74 Å². The van der Waals surface area contributed by atoms with Crippen molar-refractivity contribution in [2.45, 2.75) is 37.7 Å². The molecule has 1 heterocycles. The van der Waals surface area contributed by atoms with E-state index in [1.807, 2.05) is 6.20 Å². The fraction of sp³-hybridized carbons (Fsp3) is 0.636. The SMILES string of the molecule is COC1CCC(c2cnccn2)CC1. The van der Waals surface area contributed by atoms with Gasteiger partial charge in [0.2, 0.25) is 0 Å². The molecule has 3 heteroatoms. The minimum Gasteiger partial charge on any atom is -0.381 e. The normalized spacial score (nSPS) is 27.5. The van der Waals surface area contributed by atoms with E-state index in [9.17, 15) is 0 Å². The van der Waals surface area contributed by atoms with Gasteiger partial charge in [-0.2, -0.15) is 0 Å². The Morgan fingerprint density at radius 2 is 2.00 bits per heavy atom. The van der Waals surface area contributed by atoms with Gasteiger partial charge in [0.25, 0.3) is 0 Å². The Bertz CT molecular complexity index is 268. The monoisotopic (exact) mass is 192 g/mol. The third-order valence-electron chi connectivity index (χ3n) is 3.01. The van der Waals surface area contributed by atoms with E-state index < -0.39 is 0 Å². The molecule has 2 rings (SSSR count). The zero-order valence-electron chi connectivity index (χ0n) is 8.52. The molecule has 0 unspecified atom stereocenters. The molecule has 0 radical (unpaired) electrons. The lowest BCUT2D eigenvalue weighted by Gasteiger charge is -2.26. The molecule has 0 spiro atoms. The smallest absolute Gasteiger partial charge is 0.0617 e. The van der Waals surface area contributed by atoms with E-state index in [0.717, 1.165) is 18.5 Å². The molecule has 1 aliphatic carbocycles. The van der Waals surface area contributed by atoms with E-state index in [-0.39, 0.29) is 0 Å². The maximum Gasteiger partial charge on any atom is 0.0617 e. The van der Waals surface area contributed by atoms with Crippen molar-refractivity contribution in [3.63, 3.8) is 0 Å². The van der Waals surface area contributed by atoms with Gasteiger partial charge in [-0.1, -0.05) is 0 Å². The Labute approximate surface area is 84.5 Å². The van der Waals surface area contributed by atoms with Crippen molar-refractivity contribution in [1.29, 1.82) is 0 Å². The van der Waals surface area contributed by atoms with Crippen LogP contribution in [0.2, 0.25) is 0 Å². The molecule has 0 atom stereocenters. The molecule has 0 amide bonds. The van der Waals surface area contributed by atoms with Crippen LogP contribution in [-0.2, 0) is 4.74 Å². The Balaban J connectivity index is 1.96. The minimum absolute atomic E-state index is 0.461. The molecule has 1 aromatic rings. The first-order chi connectivity index (χ1) is 6.90. The van der Waals surface area contributed by atoms with E-state index >= 15 is 0 Å². The van der Waals surface area contributed by atoms with Crippen molar-refractivity contribution >= 4 is 0 Å².